The molecule has 5 aliphatic carbocycles. The van der Waals surface area contributed by atoms with Crippen molar-refractivity contribution in [2.24, 2.45) is 35.0 Å². The molecule has 4 bridgehead atoms. The molecule has 0 aromatic carbocycles. The zero-order chi connectivity index (χ0) is 32.5. The Labute approximate surface area is 267 Å². The normalized spacial score (nSPS) is 27.4. The van der Waals surface area contributed by atoms with Gasteiger partial charge in [0.15, 0.2) is 5.41 Å². The van der Waals surface area contributed by atoms with Crippen molar-refractivity contribution >= 4 is 19.8 Å². The van der Waals surface area contributed by atoms with Crippen molar-refractivity contribution in [3.63, 3.8) is 0 Å². The number of rotatable bonds is 17. The van der Waals surface area contributed by atoms with Gasteiger partial charge in [0, 0.05) is 12.3 Å². The molecule has 5 saturated carbocycles. The minimum atomic E-state index is -4.00. The predicted molar refractivity (Wildman–Crippen MR) is 163 cm³/mol. The number of nitriles is 2. The largest absolute Gasteiger partial charge is 0.498 e. The van der Waals surface area contributed by atoms with Gasteiger partial charge < -0.3 is 14.2 Å². The highest BCUT2D eigenvalue weighted by molar-refractivity contribution is 7.48. The maximum atomic E-state index is 13.5. The van der Waals surface area contributed by atoms with E-state index < -0.39 is 31.3 Å². The molecule has 0 spiro atoms. The third kappa shape index (κ3) is 8.89. The van der Waals surface area contributed by atoms with Crippen LogP contribution in [0.25, 0.3) is 0 Å². The molecule has 0 aliphatic heterocycles. The molecule has 5 aliphatic rings. The molecule has 250 valence electrons. The zero-order valence-electron chi connectivity index (χ0n) is 27.0. The molecule has 0 saturated heterocycles. The topological polar surface area (TPSA) is 154 Å². The van der Waals surface area contributed by atoms with Crippen molar-refractivity contribution in [1.82, 2.24) is 0 Å². The second-order valence-corrected chi connectivity index (χ2v) is 14.6. The summed E-state index contributed by atoms with van der Waals surface area (Å²) in [7, 11) is -4.00. The summed E-state index contributed by atoms with van der Waals surface area (Å²) < 4.78 is 47.7. The fourth-order valence-electron chi connectivity index (χ4n) is 7.93. The molecular weight excluding hydrogens is 599 g/mol. The van der Waals surface area contributed by atoms with Crippen molar-refractivity contribution < 1.29 is 41.9 Å². The number of allylic oxidation sites excluding steroid dienone is 2. The van der Waals surface area contributed by atoms with Gasteiger partial charge in [-0.05, 0) is 101 Å². The van der Waals surface area contributed by atoms with Crippen LogP contribution < -0.4 is 0 Å². The lowest BCUT2D eigenvalue weighted by molar-refractivity contribution is -0.172. The van der Waals surface area contributed by atoms with Crippen LogP contribution in [-0.4, -0.2) is 51.1 Å². The maximum absolute atomic E-state index is 13.5. The van der Waals surface area contributed by atoms with Crippen LogP contribution in [0.4, 0.5) is 0 Å². The first-order valence-corrected chi connectivity index (χ1v) is 18.1. The van der Waals surface area contributed by atoms with Crippen molar-refractivity contribution in [2.45, 2.75) is 104 Å². The smallest absolute Gasteiger partial charge is 0.475 e. The molecule has 5 fully saturated rings. The molecule has 5 rings (SSSR count). The van der Waals surface area contributed by atoms with Crippen LogP contribution in [0, 0.1) is 57.7 Å². The Morgan fingerprint density at radius 2 is 1.38 bits per heavy atom. The average molecular weight is 649 g/mol. The maximum Gasteiger partial charge on any atom is 0.475 e. The second-order valence-electron chi connectivity index (χ2n) is 13.0. The van der Waals surface area contributed by atoms with Gasteiger partial charge in [0.05, 0.1) is 69.9 Å². The summed E-state index contributed by atoms with van der Waals surface area (Å²) in [5.41, 5.74) is -0.0985. The van der Waals surface area contributed by atoms with Crippen molar-refractivity contribution in [3.05, 3.63) is 11.3 Å². The molecular formula is C33H49N2O9P. The Balaban J connectivity index is 1.55. The summed E-state index contributed by atoms with van der Waals surface area (Å²) in [5.74, 6) is 2.16. The molecule has 2 atom stereocenters. The standard InChI is InChI=1S/C33H49N2O9P/c1-4-39-31(36)33(3,32(37)40-5-2)11-16-41-30(29-26-18-23-17-24(20-26)21-27(29)19-23)25-9-6-10-28(22-25)44-45(38,42-14-7-12-34)43-15-8-13-35/h23-28H,4-11,14-22H2,1-3H3. The number of esters is 2. The van der Waals surface area contributed by atoms with Crippen LogP contribution in [0.3, 0.4) is 0 Å². The number of phosphoric acid groups is 1. The van der Waals surface area contributed by atoms with E-state index in [-0.39, 0.29) is 58.2 Å². The van der Waals surface area contributed by atoms with Gasteiger partial charge in [-0.15, -0.1) is 0 Å². The van der Waals surface area contributed by atoms with E-state index in [1.165, 1.54) is 37.7 Å². The van der Waals surface area contributed by atoms with Gasteiger partial charge in [-0.3, -0.25) is 23.2 Å². The quantitative estimate of drug-likeness (QED) is 0.0539. The van der Waals surface area contributed by atoms with Crippen LogP contribution in [0.15, 0.2) is 11.3 Å². The highest BCUT2D eigenvalue weighted by Gasteiger charge is 2.49. The Kier molecular flexibility index (Phi) is 12.9. The van der Waals surface area contributed by atoms with Crippen LogP contribution in [0.1, 0.15) is 97.8 Å². The van der Waals surface area contributed by atoms with Crippen LogP contribution in [0.5, 0.6) is 0 Å². The van der Waals surface area contributed by atoms with Crippen molar-refractivity contribution in [2.75, 3.05) is 33.0 Å². The van der Waals surface area contributed by atoms with Gasteiger partial charge in [-0.1, -0.05) is 6.42 Å². The van der Waals surface area contributed by atoms with Gasteiger partial charge >= 0.3 is 19.8 Å². The molecule has 0 radical (unpaired) electrons. The summed E-state index contributed by atoms with van der Waals surface area (Å²) >= 11 is 0. The Hall–Kier alpha value is -2.43. The highest BCUT2D eigenvalue weighted by atomic mass is 31.2. The Morgan fingerprint density at radius 1 is 0.822 bits per heavy atom. The Morgan fingerprint density at radius 3 is 1.89 bits per heavy atom. The number of carbonyl (C=O) groups excluding carboxylic acids is 2. The van der Waals surface area contributed by atoms with Gasteiger partial charge in [0.1, 0.15) is 0 Å². The lowest BCUT2D eigenvalue weighted by Gasteiger charge is -2.52. The summed E-state index contributed by atoms with van der Waals surface area (Å²) in [6.07, 6.45) is 8.63. The van der Waals surface area contributed by atoms with Gasteiger partial charge in [-0.25, -0.2) is 4.57 Å². The van der Waals surface area contributed by atoms with Crippen LogP contribution >= 0.6 is 7.82 Å². The number of hydrogen-bond donors (Lipinski definition) is 0. The van der Waals surface area contributed by atoms with E-state index >= 15 is 0 Å². The summed E-state index contributed by atoms with van der Waals surface area (Å²) in [6, 6.07) is 3.93. The van der Waals surface area contributed by atoms with Gasteiger partial charge in [0.25, 0.3) is 0 Å². The first-order valence-electron chi connectivity index (χ1n) is 16.7. The molecule has 2 unspecified atom stereocenters. The minimum absolute atomic E-state index is 0.000568. The van der Waals surface area contributed by atoms with E-state index in [1.807, 2.05) is 12.1 Å². The monoisotopic (exact) mass is 648 g/mol. The predicted octanol–water partition coefficient (Wildman–Crippen LogP) is 6.78. The van der Waals surface area contributed by atoms with E-state index in [4.69, 9.17) is 38.3 Å². The molecule has 0 amide bonds. The number of carbonyl (C=O) groups is 2. The van der Waals surface area contributed by atoms with Gasteiger partial charge in [0.2, 0.25) is 0 Å². The minimum Gasteiger partial charge on any atom is -0.498 e. The van der Waals surface area contributed by atoms with E-state index in [0.717, 1.165) is 30.4 Å². The van der Waals surface area contributed by atoms with E-state index in [9.17, 15) is 14.2 Å². The lowest BCUT2D eigenvalue weighted by Crippen LogP contribution is -2.42. The second kappa shape index (κ2) is 16.4. The third-order valence-electron chi connectivity index (χ3n) is 9.82. The van der Waals surface area contributed by atoms with E-state index in [2.05, 4.69) is 0 Å². The molecule has 0 N–H and O–H groups in total. The molecule has 0 aromatic rings. The third-order valence-corrected chi connectivity index (χ3v) is 11.4. The van der Waals surface area contributed by atoms with Crippen molar-refractivity contribution in [3.8, 4) is 12.1 Å². The molecule has 0 aromatic heterocycles. The molecule has 45 heavy (non-hydrogen) atoms. The fraction of sp³-hybridized carbons (Fsp3) is 0.818. The molecule has 0 heterocycles. The first-order chi connectivity index (χ1) is 21.7. The summed E-state index contributed by atoms with van der Waals surface area (Å²) in [4.78, 5) is 25.9. The Bertz CT molecular complexity index is 1130. The number of ether oxygens (including phenoxy) is 3. The van der Waals surface area contributed by atoms with E-state index in [1.54, 1.807) is 20.8 Å². The first kappa shape index (κ1) is 35.4. The summed E-state index contributed by atoms with van der Waals surface area (Å²) in [6.45, 7) is 5.24. The number of hydrogen-bond acceptors (Lipinski definition) is 11. The highest BCUT2D eigenvalue weighted by Crippen LogP contribution is 2.59. The molecule has 12 heteroatoms. The number of nitrogens with zero attached hydrogens (tertiary/aromatic N) is 2. The summed E-state index contributed by atoms with van der Waals surface area (Å²) in [5, 5.41) is 17.9. The lowest BCUT2D eigenvalue weighted by atomic mass is 9.53. The van der Waals surface area contributed by atoms with Crippen molar-refractivity contribution in [1.29, 1.82) is 10.5 Å². The van der Waals surface area contributed by atoms with Crippen LogP contribution in [0.2, 0.25) is 0 Å². The SMILES string of the molecule is CCOC(=O)C(C)(CCOC(=C1C2CC3CC(C2)CC1C3)C1CCCC(OP(=O)(OCCC#N)OCCC#N)C1)C(=O)OCC. The fourth-order valence-corrected chi connectivity index (χ4v) is 9.31. The number of phosphoric ester groups is 1. The van der Waals surface area contributed by atoms with E-state index in [0.29, 0.717) is 24.7 Å². The van der Waals surface area contributed by atoms with Crippen LogP contribution in [-0.2, 0) is 41.9 Å². The van der Waals surface area contributed by atoms with Gasteiger partial charge in [-0.2, -0.15) is 10.5 Å². The zero-order valence-corrected chi connectivity index (χ0v) is 27.9. The molecule has 11 nitrogen and oxygen atoms in total. The average Bonchev–Trinajstić information content (AvgIpc) is 3.00.